The van der Waals surface area contributed by atoms with Crippen LogP contribution in [0.25, 0.3) is 0 Å². The number of nitrogens with zero attached hydrogens (tertiary/aromatic N) is 1. The Labute approximate surface area is 132 Å². The summed E-state index contributed by atoms with van der Waals surface area (Å²) in [4.78, 5) is 0.822. The summed E-state index contributed by atoms with van der Waals surface area (Å²) in [7, 11) is -3.55. The molecule has 0 aromatic carbocycles. The van der Waals surface area contributed by atoms with Gasteiger partial charge in [-0.2, -0.15) is 4.31 Å². The largest absolute Gasteiger partial charge is 0.468 e. The molecule has 2 aromatic heterocycles. The van der Waals surface area contributed by atoms with Gasteiger partial charge in [-0.05, 0) is 37.1 Å². The third kappa shape index (κ3) is 3.03. The number of nitrogens with two attached hydrogens (primary N) is 1. The van der Waals surface area contributed by atoms with Gasteiger partial charge in [0.15, 0.2) is 0 Å². The summed E-state index contributed by atoms with van der Waals surface area (Å²) in [6, 6.07) is 6.79. The van der Waals surface area contributed by atoms with Crippen LogP contribution < -0.4 is 5.73 Å². The van der Waals surface area contributed by atoms with Crippen LogP contribution in [0.3, 0.4) is 0 Å². The molecule has 0 spiro atoms. The molecule has 0 radical (unpaired) electrons. The minimum atomic E-state index is -3.55. The Bertz CT molecular complexity index is 745. The first kappa shape index (κ1) is 14.7. The summed E-state index contributed by atoms with van der Waals surface area (Å²) >= 11 is 5.99. The van der Waals surface area contributed by atoms with Crippen molar-refractivity contribution in [1.82, 2.24) is 4.31 Å². The lowest BCUT2D eigenvalue weighted by molar-refractivity contribution is 0.357. The van der Waals surface area contributed by atoms with Crippen LogP contribution >= 0.6 is 23.6 Å². The van der Waals surface area contributed by atoms with Gasteiger partial charge in [-0.1, -0.05) is 12.2 Å². The van der Waals surface area contributed by atoms with E-state index < -0.39 is 10.0 Å². The molecule has 3 rings (SSSR count). The Hall–Kier alpha value is -1.22. The lowest BCUT2D eigenvalue weighted by Gasteiger charge is -2.19. The van der Waals surface area contributed by atoms with Gasteiger partial charge in [0.25, 0.3) is 10.0 Å². The fraction of sp³-hybridized carbons (Fsp3) is 0.308. The molecule has 1 aliphatic carbocycles. The molecule has 2 N–H and O–H groups in total. The summed E-state index contributed by atoms with van der Waals surface area (Å²) in [6.45, 7) is 0.250. The molecule has 21 heavy (non-hydrogen) atoms. The molecule has 5 nitrogen and oxygen atoms in total. The summed E-state index contributed by atoms with van der Waals surface area (Å²) in [5.74, 6) is 0.636. The van der Waals surface area contributed by atoms with E-state index >= 15 is 0 Å². The lowest BCUT2D eigenvalue weighted by Crippen LogP contribution is -2.32. The summed E-state index contributed by atoms with van der Waals surface area (Å²) in [5, 5.41) is 0. The third-order valence-electron chi connectivity index (χ3n) is 3.23. The predicted octanol–water partition coefficient (Wildman–Crippen LogP) is 2.33. The van der Waals surface area contributed by atoms with Gasteiger partial charge in [0.2, 0.25) is 0 Å². The van der Waals surface area contributed by atoms with E-state index in [1.54, 1.807) is 30.5 Å². The first-order valence-corrected chi connectivity index (χ1v) is 9.09. The first-order valence-electron chi connectivity index (χ1n) is 6.42. The second-order valence-corrected chi connectivity index (χ2v) is 8.48. The van der Waals surface area contributed by atoms with E-state index in [9.17, 15) is 8.42 Å². The van der Waals surface area contributed by atoms with Crippen molar-refractivity contribution in [2.24, 2.45) is 5.73 Å². The molecule has 8 heteroatoms. The van der Waals surface area contributed by atoms with Crippen LogP contribution in [0.2, 0.25) is 0 Å². The van der Waals surface area contributed by atoms with Crippen LogP contribution in [0.1, 0.15) is 23.5 Å². The fourth-order valence-electron chi connectivity index (χ4n) is 2.04. The fourth-order valence-corrected chi connectivity index (χ4v) is 5.17. The molecule has 0 saturated heterocycles. The molecular formula is C13H14N2O3S3. The van der Waals surface area contributed by atoms with Gasteiger partial charge in [-0.15, -0.1) is 11.3 Å². The van der Waals surface area contributed by atoms with Gasteiger partial charge in [0.1, 0.15) is 15.0 Å². The quantitative estimate of drug-likeness (QED) is 0.815. The van der Waals surface area contributed by atoms with Crippen LogP contribution in [-0.4, -0.2) is 23.8 Å². The number of sulfonamides is 1. The van der Waals surface area contributed by atoms with Gasteiger partial charge >= 0.3 is 0 Å². The number of thiocarbonyl (C=S) groups is 1. The average molecular weight is 342 g/mol. The molecule has 1 fully saturated rings. The molecular weight excluding hydrogens is 328 g/mol. The van der Waals surface area contributed by atoms with Gasteiger partial charge in [0.05, 0.1) is 17.7 Å². The van der Waals surface area contributed by atoms with E-state index in [0.717, 1.165) is 24.2 Å². The van der Waals surface area contributed by atoms with Crippen molar-refractivity contribution < 1.29 is 12.8 Å². The number of furan rings is 1. The van der Waals surface area contributed by atoms with E-state index in [0.29, 0.717) is 10.6 Å². The maximum absolute atomic E-state index is 12.8. The normalized spacial score (nSPS) is 15.5. The Morgan fingerprint density at radius 2 is 2.19 bits per heavy atom. The molecule has 1 aliphatic rings. The van der Waals surface area contributed by atoms with Crippen molar-refractivity contribution >= 4 is 38.6 Å². The predicted molar refractivity (Wildman–Crippen MR) is 84.7 cm³/mol. The highest BCUT2D eigenvalue weighted by Crippen LogP contribution is 2.35. The minimum absolute atomic E-state index is 0.0514. The summed E-state index contributed by atoms with van der Waals surface area (Å²) in [5.41, 5.74) is 5.55. The Morgan fingerprint density at radius 3 is 2.71 bits per heavy atom. The molecule has 1 saturated carbocycles. The molecule has 112 valence electrons. The zero-order chi connectivity index (χ0) is 15.0. The maximum atomic E-state index is 12.8. The van der Waals surface area contributed by atoms with Gasteiger partial charge in [-0.25, -0.2) is 8.42 Å². The van der Waals surface area contributed by atoms with Crippen LogP contribution in [0.5, 0.6) is 0 Å². The highest BCUT2D eigenvalue weighted by atomic mass is 32.2. The zero-order valence-electron chi connectivity index (χ0n) is 11.1. The minimum Gasteiger partial charge on any atom is -0.468 e. The maximum Gasteiger partial charge on any atom is 0.253 e. The number of rotatable bonds is 6. The molecule has 0 bridgehead atoms. The molecule has 0 unspecified atom stereocenters. The molecule has 0 atom stereocenters. The van der Waals surface area contributed by atoms with E-state index in [2.05, 4.69) is 0 Å². The Balaban J connectivity index is 1.91. The SMILES string of the molecule is NC(=S)c1ccc(S(=O)(=O)N(Cc2ccco2)C2CC2)s1. The Morgan fingerprint density at radius 1 is 1.43 bits per heavy atom. The number of thiophene rings is 1. The van der Waals surface area contributed by atoms with Crippen molar-refractivity contribution in [2.75, 3.05) is 0 Å². The highest BCUT2D eigenvalue weighted by molar-refractivity contribution is 7.91. The van der Waals surface area contributed by atoms with E-state index in [1.165, 1.54) is 4.31 Å². The topological polar surface area (TPSA) is 76.5 Å². The zero-order valence-corrected chi connectivity index (χ0v) is 13.5. The van der Waals surface area contributed by atoms with Crippen LogP contribution in [0.4, 0.5) is 0 Å². The monoisotopic (exact) mass is 342 g/mol. The van der Waals surface area contributed by atoms with Gasteiger partial charge in [-0.3, -0.25) is 0 Å². The number of hydrogen-bond donors (Lipinski definition) is 1. The third-order valence-corrected chi connectivity index (χ3v) is 7.07. The molecule has 2 heterocycles. The van der Waals surface area contributed by atoms with E-state index in [4.69, 9.17) is 22.4 Å². The van der Waals surface area contributed by atoms with Crippen molar-refractivity contribution in [3.8, 4) is 0 Å². The molecule has 0 aliphatic heterocycles. The van der Waals surface area contributed by atoms with Crippen molar-refractivity contribution in [3.63, 3.8) is 0 Å². The van der Waals surface area contributed by atoms with Crippen molar-refractivity contribution in [2.45, 2.75) is 29.6 Å². The smallest absolute Gasteiger partial charge is 0.253 e. The van der Waals surface area contributed by atoms with Gasteiger partial charge < -0.3 is 10.2 Å². The summed E-state index contributed by atoms with van der Waals surface area (Å²) < 4.78 is 32.6. The Kier molecular flexibility index (Phi) is 3.87. The van der Waals surface area contributed by atoms with Crippen molar-refractivity contribution in [3.05, 3.63) is 41.2 Å². The van der Waals surface area contributed by atoms with Crippen LogP contribution in [0, 0.1) is 0 Å². The van der Waals surface area contributed by atoms with Crippen LogP contribution in [0.15, 0.2) is 39.2 Å². The second kappa shape index (κ2) is 5.53. The van der Waals surface area contributed by atoms with Crippen molar-refractivity contribution in [1.29, 1.82) is 0 Å². The highest BCUT2D eigenvalue weighted by Gasteiger charge is 2.39. The number of hydrogen-bond acceptors (Lipinski definition) is 5. The molecule has 2 aromatic rings. The van der Waals surface area contributed by atoms with E-state index in [1.807, 2.05) is 0 Å². The summed E-state index contributed by atoms with van der Waals surface area (Å²) in [6.07, 6.45) is 3.31. The molecule has 0 amide bonds. The second-order valence-electron chi connectivity index (χ2n) is 4.84. The van der Waals surface area contributed by atoms with E-state index in [-0.39, 0.29) is 21.8 Å². The average Bonchev–Trinajstić information content (AvgIpc) is 2.95. The van der Waals surface area contributed by atoms with Crippen LogP contribution in [-0.2, 0) is 16.6 Å². The standard InChI is InChI=1S/C13H14N2O3S3/c14-13(19)11-5-6-12(20-11)21(16,17)15(9-3-4-9)8-10-2-1-7-18-10/h1-2,5-7,9H,3-4,8H2,(H2,14,19). The lowest BCUT2D eigenvalue weighted by atomic mass is 10.4. The van der Waals surface area contributed by atoms with Gasteiger partial charge in [0, 0.05) is 6.04 Å². The first-order chi connectivity index (χ1) is 9.98.